The van der Waals surface area contributed by atoms with Crippen LogP contribution in [-0.4, -0.2) is 40.8 Å². The molecule has 6 rings (SSSR count). The van der Waals surface area contributed by atoms with Gasteiger partial charge < -0.3 is 15.1 Å². The van der Waals surface area contributed by atoms with Crippen LogP contribution in [0.15, 0.2) is 47.1 Å². The number of carbonyl (C=O) groups excluding carboxylic acids is 1. The summed E-state index contributed by atoms with van der Waals surface area (Å²) in [4.78, 5) is 14.6. The monoisotopic (exact) mass is 461 g/mol. The Bertz CT molecular complexity index is 1040. The van der Waals surface area contributed by atoms with E-state index in [9.17, 15) is 15.0 Å². The van der Waals surface area contributed by atoms with Crippen LogP contribution >= 0.6 is 0 Å². The number of aliphatic hydroxyl groups excluding tert-OH is 1. The van der Waals surface area contributed by atoms with Crippen molar-refractivity contribution in [2.24, 2.45) is 17.3 Å². The van der Waals surface area contributed by atoms with E-state index in [-0.39, 0.29) is 17.3 Å². The zero-order valence-corrected chi connectivity index (χ0v) is 20.7. The van der Waals surface area contributed by atoms with Gasteiger partial charge in [-0.3, -0.25) is 4.79 Å². The van der Waals surface area contributed by atoms with E-state index < -0.39 is 5.60 Å². The molecule has 0 radical (unpaired) electrons. The third-order valence-electron chi connectivity index (χ3n) is 10.2. The minimum Gasteiger partial charge on any atom is -0.393 e. The average Bonchev–Trinajstić information content (AvgIpc) is 3.12. The molecular formula is C30H39NO3. The number of allylic oxidation sites excluding steroid dienone is 4. The Morgan fingerprint density at radius 1 is 0.971 bits per heavy atom. The van der Waals surface area contributed by atoms with Crippen LogP contribution in [0.2, 0.25) is 0 Å². The standard InChI is InChI=1S/C30H39NO3/c1-29(34)13-15-31(16-14-29)21-6-3-19(4-7-21)25-18-30(2)26(11-12-27(30)33)24-9-5-20-17-22(32)8-10-23(20)28(24)25/h3-4,6-7,17,24-27,33-34H,5,8-16,18H2,1-2H3. The van der Waals surface area contributed by atoms with Gasteiger partial charge >= 0.3 is 0 Å². The quantitative estimate of drug-likeness (QED) is 0.628. The molecule has 0 spiro atoms. The summed E-state index contributed by atoms with van der Waals surface area (Å²) in [5.74, 6) is 1.70. The molecule has 34 heavy (non-hydrogen) atoms. The topological polar surface area (TPSA) is 60.8 Å². The van der Waals surface area contributed by atoms with Crippen LogP contribution in [0.1, 0.15) is 83.1 Å². The Balaban J connectivity index is 1.37. The minimum atomic E-state index is -0.539. The predicted molar refractivity (Wildman–Crippen MR) is 135 cm³/mol. The van der Waals surface area contributed by atoms with E-state index in [0.717, 1.165) is 64.5 Å². The number of hydrogen-bond donors (Lipinski definition) is 2. The Morgan fingerprint density at radius 3 is 2.44 bits per heavy atom. The van der Waals surface area contributed by atoms with Gasteiger partial charge in [0.05, 0.1) is 11.7 Å². The fourth-order valence-corrected chi connectivity index (χ4v) is 8.10. The summed E-state index contributed by atoms with van der Waals surface area (Å²) in [7, 11) is 0. The highest BCUT2D eigenvalue weighted by atomic mass is 16.3. The van der Waals surface area contributed by atoms with Gasteiger partial charge in [-0.05, 0) is 110 Å². The van der Waals surface area contributed by atoms with Gasteiger partial charge in [-0.25, -0.2) is 0 Å². The summed E-state index contributed by atoms with van der Waals surface area (Å²) in [6.07, 6.45) is 10.1. The third-order valence-corrected chi connectivity index (χ3v) is 10.2. The molecule has 1 heterocycles. The van der Waals surface area contributed by atoms with Gasteiger partial charge in [-0.1, -0.05) is 24.6 Å². The molecule has 4 aliphatic carbocycles. The van der Waals surface area contributed by atoms with Crippen molar-refractivity contribution in [1.29, 1.82) is 0 Å². The molecule has 4 nitrogen and oxygen atoms in total. The first kappa shape index (κ1) is 22.5. The van der Waals surface area contributed by atoms with Gasteiger partial charge in [0.15, 0.2) is 5.78 Å². The molecule has 5 atom stereocenters. The number of hydrogen-bond acceptors (Lipinski definition) is 4. The van der Waals surface area contributed by atoms with Crippen molar-refractivity contribution >= 4 is 11.5 Å². The molecule has 5 aliphatic rings. The van der Waals surface area contributed by atoms with Gasteiger partial charge in [0.1, 0.15) is 0 Å². The van der Waals surface area contributed by atoms with Crippen LogP contribution in [0, 0.1) is 17.3 Å². The number of benzene rings is 1. The maximum absolute atomic E-state index is 12.2. The lowest BCUT2D eigenvalue weighted by Crippen LogP contribution is -2.45. The molecule has 0 aromatic heterocycles. The Morgan fingerprint density at radius 2 is 1.71 bits per heavy atom. The first-order valence-electron chi connectivity index (χ1n) is 13.5. The van der Waals surface area contributed by atoms with Crippen molar-refractivity contribution < 1.29 is 15.0 Å². The van der Waals surface area contributed by atoms with E-state index in [0.29, 0.717) is 24.2 Å². The predicted octanol–water partition coefficient (Wildman–Crippen LogP) is 5.30. The molecule has 2 N–H and O–H groups in total. The summed E-state index contributed by atoms with van der Waals surface area (Å²) >= 11 is 0. The van der Waals surface area contributed by atoms with Crippen molar-refractivity contribution in [3.63, 3.8) is 0 Å². The molecule has 4 heteroatoms. The van der Waals surface area contributed by atoms with Gasteiger partial charge in [0, 0.05) is 31.1 Å². The van der Waals surface area contributed by atoms with Crippen molar-refractivity contribution in [2.45, 2.75) is 89.3 Å². The van der Waals surface area contributed by atoms with Crippen molar-refractivity contribution in [2.75, 3.05) is 18.0 Å². The number of ketones is 1. The normalized spacial score (nSPS) is 37.1. The average molecular weight is 462 g/mol. The molecule has 182 valence electrons. The first-order valence-corrected chi connectivity index (χ1v) is 13.5. The molecule has 1 saturated heterocycles. The van der Waals surface area contributed by atoms with Gasteiger partial charge in [0.25, 0.3) is 0 Å². The number of rotatable bonds is 2. The second kappa shape index (κ2) is 8.06. The van der Waals surface area contributed by atoms with Gasteiger partial charge in [0.2, 0.25) is 0 Å². The highest BCUT2D eigenvalue weighted by molar-refractivity contribution is 5.93. The van der Waals surface area contributed by atoms with Crippen LogP contribution in [0.25, 0.3) is 0 Å². The highest BCUT2D eigenvalue weighted by Gasteiger charge is 2.56. The lowest BCUT2D eigenvalue weighted by Gasteiger charge is -2.52. The first-order chi connectivity index (χ1) is 16.2. The zero-order valence-electron chi connectivity index (χ0n) is 20.7. The molecule has 0 amide bonds. The molecule has 2 saturated carbocycles. The van der Waals surface area contributed by atoms with Gasteiger partial charge in [-0.15, -0.1) is 0 Å². The number of piperidine rings is 1. The second-order valence-electron chi connectivity index (χ2n) is 12.3. The van der Waals surface area contributed by atoms with E-state index in [1.54, 1.807) is 5.57 Å². The molecule has 0 bridgehead atoms. The van der Waals surface area contributed by atoms with E-state index in [1.165, 1.54) is 22.4 Å². The molecule has 1 aromatic carbocycles. The van der Waals surface area contributed by atoms with E-state index in [2.05, 4.69) is 36.1 Å². The van der Waals surface area contributed by atoms with Crippen molar-refractivity contribution in [1.82, 2.24) is 0 Å². The number of nitrogens with zero attached hydrogens (tertiary/aromatic N) is 1. The molecule has 1 aliphatic heterocycles. The van der Waals surface area contributed by atoms with Crippen molar-refractivity contribution in [3.8, 4) is 0 Å². The number of anilines is 1. The SMILES string of the molecule is CC1(O)CCN(c2ccc(C3CC4(C)C(O)CCC4C4CCC5=CC(=O)CCC5=C34)cc2)CC1. The zero-order chi connectivity index (χ0) is 23.7. The Kier molecular flexibility index (Phi) is 5.35. The maximum atomic E-state index is 12.2. The number of carbonyl (C=O) groups is 1. The minimum absolute atomic E-state index is 0.0256. The van der Waals surface area contributed by atoms with E-state index in [1.807, 2.05) is 13.0 Å². The second-order valence-corrected chi connectivity index (χ2v) is 12.3. The highest BCUT2D eigenvalue weighted by Crippen LogP contribution is 2.63. The summed E-state index contributed by atoms with van der Waals surface area (Å²) in [5, 5.41) is 21.4. The van der Waals surface area contributed by atoms with Crippen LogP contribution in [-0.2, 0) is 4.79 Å². The summed E-state index contributed by atoms with van der Waals surface area (Å²) in [6.45, 7) is 6.06. The Labute approximate surface area is 203 Å². The van der Waals surface area contributed by atoms with Crippen molar-refractivity contribution in [3.05, 3.63) is 52.6 Å². The fraction of sp³-hybridized carbons (Fsp3) is 0.633. The summed E-state index contributed by atoms with van der Waals surface area (Å²) in [6, 6.07) is 9.15. The maximum Gasteiger partial charge on any atom is 0.156 e. The molecular weight excluding hydrogens is 422 g/mol. The van der Waals surface area contributed by atoms with E-state index >= 15 is 0 Å². The smallest absolute Gasteiger partial charge is 0.156 e. The number of fused-ring (bicyclic) bond motifs is 4. The molecule has 1 aromatic rings. The third kappa shape index (κ3) is 3.60. The molecule has 5 unspecified atom stereocenters. The lowest BCUT2D eigenvalue weighted by atomic mass is 9.53. The summed E-state index contributed by atoms with van der Waals surface area (Å²) in [5.41, 5.74) is 6.41. The molecule has 3 fully saturated rings. The number of aliphatic hydroxyl groups is 2. The summed E-state index contributed by atoms with van der Waals surface area (Å²) < 4.78 is 0. The van der Waals surface area contributed by atoms with Crippen LogP contribution in [0.5, 0.6) is 0 Å². The van der Waals surface area contributed by atoms with Crippen LogP contribution < -0.4 is 4.90 Å². The van der Waals surface area contributed by atoms with Gasteiger partial charge in [-0.2, -0.15) is 0 Å². The largest absolute Gasteiger partial charge is 0.393 e. The van der Waals surface area contributed by atoms with Crippen LogP contribution in [0.3, 0.4) is 0 Å². The lowest BCUT2D eigenvalue weighted by molar-refractivity contribution is -0.114. The fourth-order valence-electron chi connectivity index (χ4n) is 8.10. The Hall–Kier alpha value is -1.91. The van der Waals surface area contributed by atoms with E-state index in [4.69, 9.17) is 0 Å². The van der Waals surface area contributed by atoms with Crippen LogP contribution in [0.4, 0.5) is 5.69 Å².